The third kappa shape index (κ3) is 6.58. The van der Waals surface area contributed by atoms with Gasteiger partial charge in [0.2, 0.25) is 0 Å². The molecule has 2 aromatic carbocycles. The lowest BCUT2D eigenvalue weighted by Gasteiger charge is -2.34. The van der Waals surface area contributed by atoms with Crippen LogP contribution in [0.3, 0.4) is 0 Å². The van der Waals surface area contributed by atoms with Crippen LogP contribution in [0, 0.1) is 17.2 Å². The molecule has 1 amide bonds. The van der Waals surface area contributed by atoms with E-state index in [4.69, 9.17) is 9.47 Å². The van der Waals surface area contributed by atoms with Crippen LogP contribution in [-0.2, 0) is 0 Å². The summed E-state index contributed by atoms with van der Waals surface area (Å²) < 4.78 is 11.7. The first-order valence-corrected chi connectivity index (χ1v) is 13.4. The molecule has 37 heavy (non-hydrogen) atoms. The maximum atomic E-state index is 12.5. The number of fused-ring (bicyclic) bond motifs is 1. The number of nitriles is 1. The highest BCUT2D eigenvalue weighted by Gasteiger charge is 2.25. The van der Waals surface area contributed by atoms with Gasteiger partial charge >= 0.3 is 6.09 Å². The van der Waals surface area contributed by atoms with Crippen molar-refractivity contribution >= 4 is 17.0 Å². The lowest BCUT2D eigenvalue weighted by Crippen LogP contribution is -2.41. The van der Waals surface area contributed by atoms with E-state index in [1.807, 2.05) is 42.5 Å². The number of hydrogen-bond donors (Lipinski definition) is 1. The van der Waals surface area contributed by atoms with Gasteiger partial charge in [0, 0.05) is 30.7 Å². The Labute approximate surface area is 218 Å². The molecule has 3 aromatic rings. The van der Waals surface area contributed by atoms with Gasteiger partial charge in [-0.15, -0.1) is 0 Å². The number of benzene rings is 2. The number of rotatable bonds is 7. The van der Waals surface area contributed by atoms with E-state index in [9.17, 15) is 10.1 Å². The molecule has 0 spiro atoms. The molecule has 1 aliphatic heterocycles. The molecule has 2 aliphatic rings. The largest absolute Gasteiger partial charge is 0.489 e. The van der Waals surface area contributed by atoms with Gasteiger partial charge in [-0.05, 0) is 87.7 Å². The highest BCUT2D eigenvalue weighted by Crippen LogP contribution is 2.29. The summed E-state index contributed by atoms with van der Waals surface area (Å²) in [5, 5.41) is 13.2. The smallest absolute Gasteiger partial charge is 0.412 e. The molecule has 0 atom stereocenters. The second-order valence-corrected chi connectivity index (χ2v) is 10.1. The van der Waals surface area contributed by atoms with Crippen molar-refractivity contribution in [3.63, 3.8) is 0 Å². The monoisotopic (exact) mass is 498 g/mol. The quantitative estimate of drug-likeness (QED) is 0.450. The fraction of sp³-hybridized carbons (Fsp3) is 0.433. The molecule has 5 rings (SSSR count). The Morgan fingerprint density at radius 1 is 0.973 bits per heavy atom. The van der Waals surface area contributed by atoms with Crippen LogP contribution in [0.15, 0.2) is 60.8 Å². The van der Waals surface area contributed by atoms with Gasteiger partial charge in [0.05, 0.1) is 11.1 Å². The summed E-state index contributed by atoms with van der Waals surface area (Å²) in [6.07, 6.45) is 8.88. The average molecular weight is 499 g/mol. The molecule has 1 saturated carbocycles. The van der Waals surface area contributed by atoms with Gasteiger partial charge < -0.3 is 19.7 Å². The molecule has 7 heteroatoms. The van der Waals surface area contributed by atoms with Crippen LogP contribution in [0.2, 0.25) is 0 Å². The Morgan fingerprint density at radius 3 is 2.54 bits per heavy atom. The van der Waals surface area contributed by atoms with E-state index in [-0.39, 0.29) is 18.2 Å². The summed E-state index contributed by atoms with van der Waals surface area (Å²) >= 11 is 0. The molecule has 7 nitrogen and oxygen atoms in total. The summed E-state index contributed by atoms with van der Waals surface area (Å²) in [5.41, 5.74) is 1.42. The summed E-state index contributed by atoms with van der Waals surface area (Å²) in [4.78, 5) is 19.4. The van der Waals surface area contributed by atoms with Crippen molar-refractivity contribution in [2.24, 2.45) is 5.92 Å². The van der Waals surface area contributed by atoms with Gasteiger partial charge in [0.15, 0.2) is 0 Å². The van der Waals surface area contributed by atoms with Crippen LogP contribution in [0.4, 0.5) is 4.79 Å². The fourth-order valence-electron chi connectivity index (χ4n) is 5.51. The normalized spacial score (nSPS) is 20.7. The van der Waals surface area contributed by atoms with Crippen LogP contribution >= 0.6 is 0 Å². The van der Waals surface area contributed by atoms with Crippen LogP contribution in [0.1, 0.15) is 50.5 Å². The molecule has 2 heterocycles. The zero-order valence-electron chi connectivity index (χ0n) is 21.1. The van der Waals surface area contributed by atoms with Gasteiger partial charge in [0.1, 0.15) is 23.7 Å². The van der Waals surface area contributed by atoms with Gasteiger partial charge in [-0.1, -0.05) is 24.3 Å². The SMILES string of the molecule is N#Cc1ccccc1OC1CCN(CC[C@H]2CC[C@H](NC(=O)Oc3ccnc4ccccc34)CC2)CC1. The van der Waals surface area contributed by atoms with Crippen molar-refractivity contribution in [1.82, 2.24) is 15.2 Å². The van der Waals surface area contributed by atoms with Crippen LogP contribution < -0.4 is 14.8 Å². The molecule has 0 unspecified atom stereocenters. The molecule has 1 aromatic heterocycles. The minimum atomic E-state index is -0.387. The van der Waals surface area contributed by atoms with E-state index >= 15 is 0 Å². The summed E-state index contributed by atoms with van der Waals surface area (Å²) in [6, 6.07) is 19.3. The highest BCUT2D eigenvalue weighted by molar-refractivity contribution is 5.87. The second-order valence-electron chi connectivity index (χ2n) is 10.1. The van der Waals surface area contributed by atoms with E-state index in [2.05, 4.69) is 21.3 Å². The van der Waals surface area contributed by atoms with Crippen molar-refractivity contribution in [2.75, 3.05) is 19.6 Å². The van der Waals surface area contributed by atoms with Gasteiger partial charge in [-0.2, -0.15) is 5.26 Å². The molecular formula is C30H34N4O3. The van der Waals surface area contributed by atoms with Crippen LogP contribution in [0.25, 0.3) is 10.9 Å². The molecular weight excluding hydrogens is 464 g/mol. The molecule has 0 radical (unpaired) electrons. The number of hydrogen-bond acceptors (Lipinski definition) is 6. The Hall–Kier alpha value is -3.63. The molecule has 1 saturated heterocycles. The lowest BCUT2D eigenvalue weighted by atomic mass is 9.84. The van der Waals surface area contributed by atoms with E-state index in [1.165, 1.54) is 6.42 Å². The standard InChI is InChI=1S/C30H34N4O3/c31-21-23-5-1-4-8-28(23)36-25-15-19-34(20-16-25)18-14-22-9-11-24(12-10-22)33-30(35)37-29-13-17-32-27-7-3-2-6-26(27)29/h1-8,13,17,22,24-25H,9-12,14-16,18-20H2,(H,33,35)/t22-,24-. The number of carbonyl (C=O) groups is 1. The van der Waals surface area contributed by atoms with Gasteiger partial charge in [0.25, 0.3) is 0 Å². The molecule has 2 fully saturated rings. The van der Waals surface area contributed by atoms with Gasteiger partial charge in [-0.25, -0.2) is 4.79 Å². The van der Waals surface area contributed by atoms with E-state index in [0.717, 1.165) is 69.1 Å². The number of pyridine rings is 1. The maximum absolute atomic E-state index is 12.5. The number of piperidine rings is 1. The molecule has 192 valence electrons. The number of likely N-dealkylation sites (tertiary alicyclic amines) is 1. The van der Waals surface area contributed by atoms with Crippen LogP contribution in [-0.4, -0.2) is 47.8 Å². The molecule has 1 aliphatic carbocycles. The first-order chi connectivity index (χ1) is 18.2. The third-order valence-electron chi connectivity index (χ3n) is 7.67. The zero-order valence-corrected chi connectivity index (χ0v) is 21.1. The van der Waals surface area contributed by atoms with E-state index < -0.39 is 0 Å². The molecule has 0 bridgehead atoms. The van der Waals surface area contributed by atoms with E-state index in [0.29, 0.717) is 23.0 Å². The number of para-hydroxylation sites is 2. The van der Waals surface area contributed by atoms with Crippen molar-refractivity contribution in [1.29, 1.82) is 5.26 Å². The minimum Gasteiger partial charge on any atom is -0.489 e. The van der Waals surface area contributed by atoms with Gasteiger partial charge in [-0.3, -0.25) is 4.98 Å². The maximum Gasteiger partial charge on any atom is 0.412 e. The number of aromatic nitrogens is 1. The summed E-state index contributed by atoms with van der Waals surface area (Å²) in [6.45, 7) is 3.18. The fourth-order valence-corrected chi connectivity index (χ4v) is 5.51. The number of carbonyl (C=O) groups excluding carboxylic acids is 1. The number of amides is 1. The zero-order chi connectivity index (χ0) is 25.5. The summed E-state index contributed by atoms with van der Waals surface area (Å²) in [5.74, 6) is 1.95. The van der Waals surface area contributed by atoms with Crippen molar-refractivity contribution < 1.29 is 14.3 Å². The predicted octanol–water partition coefficient (Wildman–Crippen LogP) is 5.69. The first kappa shape index (κ1) is 25.0. The topological polar surface area (TPSA) is 87.5 Å². The highest BCUT2D eigenvalue weighted by atomic mass is 16.6. The van der Waals surface area contributed by atoms with Crippen molar-refractivity contribution in [3.05, 3.63) is 66.4 Å². The van der Waals surface area contributed by atoms with Crippen molar-refractivity contribution in [3.8, 4) is 17.6 Å². The van der Waals surface area contributed by atoms with Crippen LogP contribution in [0.5, 0.6) is 11.5 Å². The third-order valence-corrected chi connectivity index (χ3v) is 7.67. The average Bonchev–Trinajstić information content (AvgIpc) is 2.94. The van der Waals surface area contributed by atoms with E-state index in [1.54, 1.807) is 18.3 Å². The Morgan fingerprint density at radius 2 is 1.73 bits per heavy atom. The number of nitrogens with zero attached hydrogens (tertiary/aromatic N) is 3. The predicted molar refractivity (Wildman–Crippen MR) is 143 cm³/mol. The molecule has 1 N–H and O–H groups in total. The Kier molecular flexibility index (Phi) is 8.17. The second kappa shape index (κ2) is 12.1. The van der Waals surface area contributed by atoms with Crippen molar-refractivity contribution in [2.45, 2.75) is 57.1 Å². The minimum absolute atomic E-state index is 0.168. The number of ether oxygens (including phenoxy) is 2. The summed E-state index contributed by atoms with van der Waals surface area (Å²) in [7, 11) is 0. The number of nitrogens with one attached hydrogen (secondary N) is 1. The Balaban J connectivity index is 0.997. The first-order valence-electron chi connectivity index (χ1n) is 13.4. The Bertz CT molecular complexity index is 1240. The lowest BCUT2D eigenvalue weighted by molar-refractivity contribution is 0.0947.